The number of hydrogen-bond acceptors (Lipinski definition) is 7. The van der Waals surface area contributed by atoms with Gasteiger partial charge in [-0.15, -0.1) is 11.3 Å². The van der Waals surface area contributed by atoms with Gasteiger partial charge in [0.05, 0.1) is 23.4 Å². The summed E-state index contributed by atoms with van der Waals surface area (Å²) in [7, 11) is 0. The summed E-state index contributed by atoms with van der Waals surface area (Å²) in [5.74, 6) is -0.573. The van der Waals surface area contributed by atoms with Crippen LogP contribution in [0.5, 0.6) is 5.75 Å². The van der Waals surface area contributed by atoms with E-state index in [1.807, 2.05) is 6.07 Å². The molecule has 0 atom stereocenters. The minimum atomic E-state index is -2.94. The van der Waals surface area contributed by atoms with Crippen molar-refractivity contribution in [3.8, 4) is 17.5 Å². The van der Waals surface area contributed by atoms with E-state index < -0.39 is 18.1 Å². The van der Waals surface area contributed by atoms with Crippen LogP contribution in [0.3, 0.4) is 0 Å². The second-order valence-electron chi connectivity index (χ2n) is 8.04. The lowest BCUT2D eigenvalue weighted by atomic mass is 10.2. The smallest absolute Gasteiger partial charge is 0.387 e. The normalized spacial score (nSPS) is 15.4. The monoisotopic (exact) mass is 526 g/mol. The molecule has 3 aromatic rings. The molecule has 0 radical (unpaired) electrons. The van der Waals surface area contributed by atoms with Gasteiger partial charge in [0, 0.05) is 26.2 Å². The second kappa shape index (κ2) is 12.4. The lowest BCUT2D eigenvalue weighted by molar-refractivity contribution is -0.115. The summed E-state index contributed by atoms with van der Waals surface area (Å²) >= 11 is 1.01. The number of nitrogens with zero attached hydrogens (tertiary/aromatic N) is 3. The topological polar surface area (TPSA) is 96.6 Å². The summed E-state index contributed by atoms with van der Waals surface area (Å²) in [4.78, 5) is 28.6. The number of benzene rings is 2. The van der Waals surface area contributed by atoms with Crippen LogP contribution in [0.4, 0.5) is 8.78 Å². The Bertz CT molecular complexity index is 1440. The van der Waals surface area contributed by atoms with E-state index in [1.165, 1.54) is 28.8 Å². The molecule has 4 rings (SSSR count). The Morgan fingerprint density at radius 3 is 2.51 bits per heavy atom. The first-order chi connectivity index (χ1) is 18.0. The van der Waals surface area contributed by atoms with Crippen molar-refractivity contribution in [2.75, 3.05) is 39.4 Å². The number of amides is 1. The summed E-state index contributed by atoms with van der Waals surface area (Å²) in [6, 6.07) is 16.5. The molecule has 1 fully saturated rings. The molecule has 1 aliphatic rings. The number of morpholine rings is 1. The quantitative estimate of drug-likeness (QED) is 0.478. The fourth-order valence-corrected chi connectivity index (χ4v) is 4.90. The molecule has 11 heteroatoms. The summed E-state index contributed by atoms with van der Waals surface area (Å²) < 4.78 is 36.4. The number of aromatic nitrogens is 1. The molecular weight excluding hydrogens is 502 g/mol. The Balaban J connectivity index is 1.71. The second-order valence-corrected chi connectivity index (χ2v) is 9.07. The van der Waals surface area contributed by atoms with Crippen molar-refractivity contribution in [3.05, 3.63) is 79.7 Å². The Labute approximate surface area is 215 Å². The van der Waals surface area contributed by atoms with Crippen molar-refractivity contribution in [1.82, 2.24) is 14.8 Å². The molecule has 0 aliphatic carbocycles. The number of para-hydroxylation sites is 1. The number of hydrogen-bond donors (Lipinski definition) is 1. The molecule has 2 heterocycles. The van der Waals surface area contributed by atoms with E-state index in [0.29, 0.717) is 37.6 Å². The Morgan fingerprint density at radius 1 is 1.16 bits per heavy atom. The highest BCUT2D eigenvalue weighted by Crippen LogP contribution is 2.15. The van der Waals surface area contributed by atoms with E-state index in [4.69, 9.17) is 4.74 Å². The standard InChI is InChI=1S/C26H24F2N4O4S/c27-26(28)36-20-8-6-18(7-9-20)16-22-24(34)32(19-4-2-1-3-5-19)25(37-22)21(17-29)23(33)30-10-11-31-12-14-35-15-13-31/h1-9,16,26H,10-15H2,(H,30,33)/b22-16+,25-21-. The molecule has 0 unspecified atom stereocenters. The third kappa shape index (κ3) is 6.68. The van der Waals surface area contributed by atoms with Crippen LogP contribution in [0.15, 0.2) is 59.4 Å². The van der Waals surface area contributed by atoms with Crippen LogP contribution in [-0.2, 0) is 9.53 Å². The summed E-state index contributed by atoms with van der Waals surface area (Å²) in [6.45, 7) is 0.861. The number of halogens is 2. The van der Waals surface area contributed by atoms with Crippen LogP contribution in [0, 0.1) is 11.3 Å². The first kappa shape index (κ1) is 26.2. The minimum Gasteiger partial charge on any atom is -0.435 e. The van der Waals surface area contributed by atoms with Gasteiger partial charge in [0.2, 0.25) is 0 Å². The van der Waals surface area contributed by atoms with Gasteiger partial charge in [0.15, 0.2) is 5.57 Å². The molecule has 1 aliphatic heterocycles. The number of thiazole rings is 1. The molecule has 2 aromatic carbocycles. The van der Waals surface area contributed by atoms with Crippen LogP contribution in [-0.4, -0.2) is 61.4 Å². The SMILES string of the molecule is N#C/C(C(=O)NCCN1CCOCC1)=c1/s/c(=C/c2ccc(OC(F)F)cc2)c(=O)n1-c1ccccc1. The van der Waals surface area contributed by atoms with Gasteiger partial charge in [0.1, 0.15) is 16.5 Å². The highest BCUT2D eigenvalue weighted by Gasteiger charge is 2.17. The molecule has 37 heavy (non-hydrogen) atoms. The van der Waals surface area contributed by atoms with Crippen molar-refractivity contribution in [2.45, 2.75) is 6.61 Å². The van der Waals surface area contributed by atoms with E-state index in [1.54, 1.807) is 36.4 Å². The molecular formula is C26H24F2N4O4S. The maximum absolute atomic E-state index is 13.4. The number of carbonyl (C=O) groups is 1. The van der Waals surface area contributed by atoms with Crippen molar-refractivity contribution in [3.63, 3.8) is 0 Å². The predicted molar refractivity (Wildman–Crippen MR) is 135 cm³/mol. The molecule has 192 valence electrons. The van der Waals surface area contributed by atoms with Crippen LogP contribution >= 0.6 is 11.3 Å². The highest BCUT2D eigenvalue weighted by atomic mass is 32.1. The average molecular weight is 527 g/mol. The van der Waals surface area contributed by atoms with E-state index in [-0.39, 0.29) is 20.5 Å². The highest BCUT2D eigenvalue weighted by molar-refractivity contribution is 7.07. The maximum Gasteiger partial charge on any atom is 0.387 e. The lowest BCUT2D eigenvalue weighted by Crippen LogP contribution is -2.42. The number of nitriles is 1. The molecule has 0 saturated carbocycles. The molecule has 1 amide bonds. The zero-order chi connectivity index (χ0) is 26.2. The Kier molecular flexibility index (Phi) is 8.79. The van der Waals surface area contributed by atoms with Gasteiger partial charge in [0.25, 0.3) is 11.5 Å². The molecule has 0 bridgehead atoms. The fraction of sp³-hybridized carbons (Fsp3) is 0.269. The van der Waals surface area contributed by atoms with Gasteiger partial charge in [-0.05, 0) is 35.9 Å². The van der Waals surface area contributed by atoms with E-state index >= 15 is 0 Å². The number of carbonyl (C=O) groups excluding carboxylic acids is 1. The van der Waals surface area contributed by atoms with Gasteiger partial charge < -0.3 is 14.8 Å². The van der Waals surface area contributed by atoms with Gasteiger partial charge in [-0.25, -0.2) is 0 Å². The molecule has 0 spiro atoms. The summed E-state index contributed by atoms with van der Waals surface area (Å²) in [6.07, 6.45) is 1.58. The van der Waals surface area contributed by atoms with Gasteiger partial charge in [-0.3, -0.25) is 19.1 Å². The zero-order valence-electron chi connectivity index (χ0n) is 19.7. The van der Waals surface area contributed by atoms with E-state index in [0.717, 1.165) is 24.4 Å². The largest absolute Gasteiger partial charge is 0.435 e. The minimum absolute atomic E-state index is 0.00503. The zero-order valence-corrected chi connectivity index (χ0v) is 20.5. The molecule has 1 aromatic heterocycles. The third-order valence-corrected chi connectivity index (χ3v) is 6.70. The van der Waals surface area contributed by atoms with Crippen molar-refractivity contribution >= 4 is 28.9 Å². The number of alkyl halides is 2. The number of rotatable bonds is 8. The molecule has 1 N–H and O–H groups in total. The molecule has 8 nitrogen and oxygen atoms in total. The third-order valence-electron chi connectivity index (χ3n) is 5.61. The Morgan fingerprint density at radius 2 is 1.86 bits per heavy atom. The lowest BCUT2D eigenvalue weighted by Gasteiger charge is -2.26. The van der Waals surface area contributed by atoms with Crippen LogP contribution in [0.1, 0.15) is 5.56 Å². The van der Waals surface area contributed by atoms with Gasteiger partial charge in [-0.1, -0.05) is 30.3 Å². The molecule has 1 saturated heterocycles. The van der Waals surface area contributed by atoms with E-state index in [2.05, 4.69) is 15.0 Å². The van der Waals surface area contributed by atoms with Gasteiger partial charge >= 0.3 is 6.61 Å². The van der Waals surface area contributed by atoms with Crippen molar-refractivity contribution in [2.24, 2.45) is 0 Å². The predicted octanol–water partition coefficient (Wildman–Crippen LogP) is 1.45. The van der Waals surface area contributed by atoms with Gasteiger partial charge in [-0.2, -0.15) is 14.0 Å². The fourth-order valence-electron chi connectivity index (χ4n) is 3.79. The maximum atomic E-state index is 13.4. The first-order valence-electron chi connectivity index (χ1n) is 11.5. The van der Waals surface area contributed by atoms with Crippen LogP contribution in [0.25, 0.3) is 17.3 Å². The summed E-state index contributed by atoms with van der Waals surface area (Å²) in [5.41, 5.74) is 0.495. The average Bonchev–Trinajstić information content (AvgIpc) is 3.21. The first-order valence-corrected chi connectivity index (χ1v) is 12.3. The van der Waals surface area contributed by atoms with Crippen LogP contribution in [0.2, 0.25) is 0 Å². The van der Waals surface area contributed by atoms with Crippen molar-refractivity contribution in [1.29, 1.82) is 5.26 Å². The van der Waals surface area contributed by atoms with Crippen molar-refractivity contribution < 1.29 is 23.0 Å². The van der Waals surface area contributed by atoms with E-state index in [9.17, 15) is 23.6 Å². The number of nitrogens with one attached hydrogen (secondary N) is 1. The number of ether oxygens (including phenoxy) is 2. The van der Waals surface area contributed by atoms with Crippen LogP contribution < -0.4 is 24.8 Å². The Hall–Kier alpha value is -3.85. The summed E-state index contributed by atoms with van der Waals surface area (Å²) in [5, 5.41) is 12.7.